The van der Waals surface area contributed by atoms with Crippen molar-refractivity contribution in [1.29, 1.82) is 0 Å². The Hall–Kier alpha value is -2.21. The largest absolute Gasteiger partial charge is 0.352 e. The van der Waals surface area contributed by atoms with Crippen LogP contribution in [0.3, 0.4) is 0 Å². The molecule has 3 heterocycles. The Bertz CT molecular complexity index is 878. The molecule has 0 aromatic carbocycles. The SMILES string of the molecule is Cc1nn(C)c2nc(-c3cccs3)cc(C(=O)NCC3CC3)c12. The van der Waals surface area contributed by atoms with Crippen LogP contribution in [0.2, 0.25) is 0 Å². The van der Waals surface area contributed by atoms with E-state index in [1.807, 2.05) is 37.6 Å². The number of thiophene rings is 1. The van der Waals surface area contributed by atoms with E-state index in [0.29, 0.717) is 11.5 Å². The molecule has 1 fully saturated rings. The Morgan fingerprint density at radius 2 is 2.30 bits per heavy atom. The summed E-state index contributed by atoms with van der Waals surface area (Å²) in [5, 5.41) is 10.4. The average Bonchev–Trinajstić information content (AvgIpc) is 3.12. The molecule has 1 saturated carbocycles. The van der Waals surface area contributed by atoms with E-state index in [1.54, 1.807) is 16.0 Å². The maximum Gasteiger partial charge on any atom is 0.252 e. The summed E-state index contributed by atoms with van der Waals surface area (Å²) in [5.74, 6) is 0.626. The van der Waals surface area contributed by atoms with Crippen LogP contribution in [0.1, 0.15) is 28.9 Å². The van der Waals surface area contributed by atoms with E-state index in [-0.39, 0.29) is 5.91 Å². The number of nitrogens with one attached hydrogen (secondary N) is 1. The first-order chi connectivity index (χ1) is 11.1. The highest BCUT2D eigenvalue weighted by Gasteiger charge is 2.24. The smallest absolute Gasteiger partial charge is 0.252 e. The predicted molar refractivity (Wildman–Crippen MR) is 91.6 cm³/mol. The van der Waals surface area contributed by atoms with Crippen molar-refractivity contribution in [3.05, 3.63) is 34.8 Å². The van der Waals surface area contributed by atoms with E-state index >= 15 is 0 Å². The third-order valence-corrected chi connectivity index (χ3v) is 5.13. The summed E-state index contributed by atoms with van der Waals surface area (Å²) in [6.45, 7) is 2.68. The summed E-state index contributed by atoms with van der Waals surface area (Å²) in [6.07, 6.45) is 2.44. The van der Waals surface area contributed by atoms with Gasteiger partial charge in [-0.1, -0.05) is 6.07 Å². The van der Waals surface area contributed by atoms with Crippen molar-refractivity contribution >= 4 is 28.3 Å². The van der Waals surface area contributed by atoms with E-state index in [9.17, 15) is 4.79 Å². The molecule has 1 aliphatic rings. The Morgan fingerprint density at radius 1 is 1.48 bits per heavy atom. The number of hydrogen-bond acceptors (Lipinski definition) is 4. The fraction of sp³-hybridized carbons (Fsp3) is 0.353. The highest BCUT2D eigenvalue weighted by atomic mass is 32.1. The molecule has 118 valence electrons. The Kier molecular flexibility index (Phi) is 3.41. The number of amides is 1. The molecule has 0 saturated heterocycles. The van der Waals surface area contributed by atoms with Gasteiger partial charge in [0.05, 0.1) is 27.2 Å². The molecule has 23 heavy (non-hydrogen) atoms. The number of hydrogen-bond donors (Lipinski definition) is 1. The number of rotatable bonds is 4. The lowest BCUT2D eigenvalue weighted by Crippen LogP contribution is -2.26. The monoisotopic (exact) mass is 326 g/mol. The van der Waals surface area contributed by atoms with Crippen molar-refractivity contribution in [2.24, 2.45) is 13.0 Å². The maximum absolute atomic E-state index is 12.7. The highest BCUT2D eigenvalue weighted by Crippen LogP contribution is 2.30. The first kappa shape index (κ1) is 14.4. The number of nitrogens with zero attached hydrogens (tertiary/aromatic N) is 3. The van der Waals surface area contributed by atoms with Crippen molar-refractivity contribution in [2.75, 3.05) is 6.54 Å². The number of pyridine rings is 1. The lowest BCUT2D eigenvalue weighted by Gasteiger charge is -2.08. The third kappa shape index (κ3) is 2.63. The van der Waals surface area contributed by atoms with E-state index in [2.05, 4.69) is 10.4 Å². The summed E-state index contributed by atoms with van der Waals surface area (Å²) in [6, 6.07) is 5.91. The summed E-state index contributed by atoms with van der Waals surface area (Å²) < 4.78 is 1.75. The van der Waals surface area contributed by atoms with Crippen LogP contribution in [0.5, 0.6) is 0 Å². The molecule has 0 bridgehead atoms. The number of aryl methyl sites for hydroxylation is 2. The fourth-order valence-electron chi connectivity index (χ4n) is 2.83. The Morgan fingerprint density at radius 3 is 3.00 bits per heavy atom. The van der Waals surface area contributed by atoms with Crippen molar-refractivity contribution in [1.82, 2.24) is 20.1 Å². The van der Waals surface area contributed by atoms with Gasteiger partial charge in [0.2, 0.25) is 0 Å². The van der Waals surface area contributed by atoms with Gasteiger partial charge in [-0.2, -0.15) is 5.10 Å². The summed E-state index contributed by atoms with van der Waals surface area (Å²) in [7, 11) is 1.87. The van der Waals surface area contributed by atoms with Crippen LogP contribution in [0, 0.1) is 12.8 Å². The summed E-state index contributed by atoms with van der Waals surface area (Å²) in [5.41, 5.74) is 3.09. The zero-order chi connectivity index (χ0) is 16.0. The van der Waals surface area contributed by atoms with Crippen LogP contribution in [0.25, 0.3) is 21.6 Å². The molecule has 6 heteroatoms. The molecule has 3 aromatic heterocycles. The second-order valence-electron chi connectivity index (χ2n) is 6.09. The molecule has 0 unspecified atom stereocenters. The van der Waals surface area contributed by atoms with E-state index in [4.69, 9.17) is 4.98 Å². The molecule has 4 rings (SSSR count). The van der Waals surface area contributed by atoms with E-state index in [1.165, 1.54) is 12.8 Å². The van der Waals surface area contributed by atoms with Crippen LogP contribution in [0.4, 0.5) is 0 Å². The minimum Gasteiger partial charge on any atom is -0.352 e. The van der Waals surface area contributed by atoms with Crippen molar-refractivity contribution < 1.29 is 4.79 Å². The first-order valence-corrected chi connectivity index (χ1v) is 8.68. The van der Waals surface area contributed by atoms with Gasteiger partial charge in [0, 0.05) is 13.6 Å². The van der Waals surface area contributed by atoms with Gasteiger partial charge in [-0.05, 0) is 43.2 Å². The van der Waals surface area contributed by atoms with Gasteiger partial charge in [-0.15, -0.1) is 11.3 Å². The third-order valence-electron chi connectivity index (χ3n) is 4.24. The Balaban J connectivity index is 1.83. The minimum absolute atomic E-state index is 0.0294. The van der Waals surface area contributed by atoms with Gasteiger partial charge < -0.3 is 5.32 Å². The average molecular weight is 326 g/mol. The van der Waals surface area contributed by atoms with Crippen LogP contribution in [-0.4, -0.2) is 27.2 Å². The van der Waals surface area contributed by atoms with Gasteiger partial charge >= 0.3 is 0 Å². The summed E-state index contributed by atoms with van der Waals surface area (Å²) >= 11 is 1.62. The highest BCUT2D eigenvalue weighted by molar-refractivity contribution is 7.13. The first-order valence-electron chi connectivity index (χ1n) is 7.80. The topological polar surface area (TPSA) is 59.8 Å². The lowest BCUT2D eigenvalue weighted by molar-refractivity contribution is 0.0953. The van der Waals surface area contributed by atoms with Gasteiger partial charge in [-0.3, -0.25) is 9.48 Å². The maximum atomic E-state index is 12.7. The molecule has 1 N–H and O–H groups in total. The molecule has 0 aliphatic heterocycles. The Labute approximate surface area is 138 Å². The van der Waals surface area contributed by atoms with Crippen LogP contribution in [-0.2, 0) is 7.05 Å². The van der Waals surface area contributed by atoms with Crippen molar-refractivity contribution in [3.8, 4) is 10.6 Å². The minimum atomic E-state index is -0.0294. The molecule has 0 radical (unpaired) electrons. The van der Waals surface area contributed by atoms with Crippen LogP contribution >= 0.6 is 11.3 Å². The standard InChI is InChI=1S/C17H18N4OS/c1-10-15-12(17(22)18-9-11-5-6-11)8-13(14-4-3-7-23-14)19-16(15)21(2)20-10/h3-4,7-8,11H,5-6,9H2,1-2H3,(H,18,22). The van der Waals surface area contributed by atoms with E-state index < -0.39 is 0 Å². The van der Waals surface area contributed by atoms with Gasteiger partial charge in [0.25, 0.3) is 5.91 Å². The quantitative estimate of drug-likeness (QED) is 0.801. The van der Waals surface area contributed by atoms with Gasteiger partial charge in [0.15, 0.2) is 5.65 Å². The van der Waals surface area contributed by atoms with Gasteiger partial charge in [-0.25, -0.2) is 4.98 Å². The zero-order valence-corrected chi connectivity index (χ0v) is 14.0. The molecule has 1 aliphatic carbocycles. The van der Waals surface area contributed by atoms with Gasteiger partial charge in [0.1, 0.15) is 0 Å². The number of carbonyl (C=O) groups excluding carboxylic acids is 1. The molecular weight excluding hydrogens is 308 g/mol. The molecule has 3 aromatic rings. The second-order valence-corrected chi connectivity index (χ2v) is 7.04. The number of fused-ring (bicyclic) bond motifs is 1. The molecule has 5 nitrogen and oxygen atoms in total. The number of aromatic nitrogens is 3. The molecule has 0 spiro atoms. The van der Waals surface area contributed by atoms with Crippen molar-refractivity contribution in [2.45, 2.75) is 19.8 Å². The second kappa shape index (κ2) is 5.45. The fourth-order valence-corrected chi connectivity index (χ4v) is 3.51. The van der Waals surface area contributed by atoms with Crippen molar-refractivity contribution in [3.63, 3.8) is 0 Å². The molecular formula is C17H18N4OS. The van der Waals surface area contributed by atoms with Crippen LogP contribution in [0.15, 0.2) is 23.6 Å². The molecule has 1 amide bonds. The number of carbonyl (C=O) groups is 1. The molecule has 0 atom stereocenters. The predicted octanol–water partition coefficient (Wildman–Crippen LogP) is 3.15. The zero-order valence-electron chi connectivity index (χ0n) is 13.2. The van der Waals surface area contributed by atoms with E-state index in [0.717, 1.165) is 33.8 Å². The normalized spacial score (nSPS) is 14.3. The lowest BCUT2D eigenvalue weighted by atomic mass is 10.1. The van der Waals surface area contributed by atoms with Crippen LogP contribution < -0.4 is 5.32 Å². The summed E-state index contributed by atoms with van der Waals surface area (Å²) in [4.78, 5) is 18.5.